The summed E-state index contributed by atoms with van der Waals surface area (Å²) in [5.74, 6) is 0.377. The number of nitrogens with one attached hydrogen (secondary N) is 1. The Hall–Kier alpha value is -3.32. The third kappa shape index (κ3) is 2.99. The maximum atomic E-state index is 12.2. The molecule has 2 heterocycles. The molecule has 0 aliphatic carbocycles. The number of carbonyl (C=O) groups is 1. The Morgan fingerprint density at radius 2 is 2.07 bits per heavy atom. The van der Waals surface area contributed by atoms with E-state index in [4.69, 9.17) is 16.1 Å². The highest BCUT2D eigenvalue weighted by atomic mass is 35.5. The predicted octanol–water partition coefficient (Wildman–Crippen LogP) is 5.43. The lowest BCUT2D eigenvalue weighted by Crippen LogP contribution is -2.33. The fourth-order valence-electron chi connectivity index (χ4n) is 3.33. The summed E-state index contributed by atoms with van der Waals surface area (Å²) in [4.78, 5) is 13.5. The standard InChI is InChI=1S/C20H17ClN4O3/c1-11-18(25(20(26)27)12(2)15-5-3-4-6-16(15)21)19(28-24-11)13-7-8-17-14(9-13)10-22-23-17/h3-10,12H,1-2H3,(H,22,23)(H,26,27). The zero-order valence-corrected chi connectivity index (χ0v) is 15.9. The average molecular weight is 397 g/mol. The van der Waals surface area contributed by atoms with Crippen molar-refractivity contribution in [1.29, 1.82) is 0 Å². The first-order valence-corrected chi connectivity index (χ1v) is 9.01. The lowest BCUT2D eigenvalue weighted by Gasteiger charge is -2.27. The monoisotopic (exact) mass is 396 g/mol. The highest BCUT2D eigenvalue weighted by Gasteiger charge is 2.31. The lowest BCUT2D eigenvalue weighted by atomic mass is 10.0. The van der Waals surface area contributed by atoms with Gasteiger partial charge in [0, 0.05) is 16.0 Å². The third-order valence-corrected chi connectivity index (χ3v) is 5.07. The van der Waals surface area contributed by atoms with Crippen LogP contribution in [0.1, 0.15) is 24.2 Å². The maximum absolute atomic E-state index is 12.2. The van der Waals surface area contributed by atoms with E-state index in [1.807, 2.05) is 30.3 Å². The Balaban J connectivity index is 1.85. The molecule has 8 heteroatoms. The Labute approximate surface area is 165 Å². The second-order valence-electron chi connectivity index (χ2n) is 6.47. The molecule has 1 amide bonds. The van der Waals surface area contributed by atoms with E-state index in [-0.39, 0.29) is 0 Å². The minimum atomic E-state index is -1.12. The number of aromatic amines is 1. The molecule has 1 atom stereocenters. The normalized spacial score (nSPS) is 12.2. The summed E-state index contributed by atoms with van der Waals surface area (Å²) in [6, 6.07) is 12.2. The molecule has 7 nitrogen and oxygen atoms in total. The van der Waals surface area contributed by atoms with E-state index >= 15 is 0 Å². The number of fused-ring (bicyclic) bond motifs is 1. The summed E-state index contributed by atoms with van der Waals surface area (Å²) in [5.41, 5.74) is 3.15. The molecule has 0 aliphatic rings. The molecular formula is C20H17ClN4O3. The molecule has 0 saturated carbocycles. The minimum Gasteiger partial charge on any atom is -0.465 e. The Morgan fingerprint density at radius 3 is 2.82 bits per heavy atom. The molecule has 0 radical (unpaired) electrons. The molecule has 142 valence electrons. The van der Waals surface area contributed by atoms with Gasteiger partial charge in [-0.05, 0) is 43.7 Å². The van der Waals surface area contributed by atoms with Crippen molar-refractivity contribution >= 4 is 34.3 Å². The van der Waals surface area contributed by atoms with Gasteiger partial charge in [0.25, 0.3) is 0 Å². The van der Waals surface area contributed by atoms with Crippen LogP contribution in [0.3, 0.4) is 0 Å². The number of nitrogens with zero attached hydrogens (tertiary/aromatic N) is 3. The van der Waals surface area contributed by atoms with E-state index in [0.29, 0.717) is 33.3 Å². The van der Waals surface area contributed by atoms with Crippen LogP contribution in [0.15, 0.2) is 53.2 Å². The molecular weight excluding hydrogens is 380 g/mol. The maximum Gasteiger partial charge on any atom is 0.412 e. The van der Waals surface area contributed by atoms with Gasteiger partial charge in [0.15, 0.2) is 5.76 Å². The smallest absolute Gasteiger partial charge is 0.412 e. The van der Waals surface area contributed by atoms with Gasteiger partial charge in [0.1, 0.15) is 11.4 Å². The number of hydrogen-bond acceptors (Lipinski definition) is 4. The molecule has 0 saturated heterocycles. The SMILES string of the molecule is Cc1noc(-c2ccc3[nH]ncc3c2)c1N(C(=O)O)C(C)c1ccccc1Cl. The first-order valence-electron chi connectivity index (χ1n) is 8.63. The van der Waals surface area contributed by atoms with Crippen LogP contribution < -0.4 is 4.90 Å². The summed E-state index contributed by atoms with van der Waals surface area (Å²) in [7, 11) is 0. The summed E-state index contributed by atoms with van der Waals surface area (Å²) < 4.78 is 5.54. The van der Waals surface area contributed by atoms with Gasteiger partial charge < -0.3 is 9.63 Å². The van der Waals surface area contributed by atoms with E-state index in [1.54, 1.807) is 32.2 Å². The number of H-pyrrole nitrogens is 1. The molecule has 0 spiro atoms. The van der Waals surface area contributed by atoms with Crippen molar-refractivity contribution in [2.24, 2.45) is 0 Å². The fraction of sp³-hybridized carbons (Fsp3) is 0.150. The number of aromatic nitrogens is 3. The van der Waals surface area contributed by atoms with Crippen molar-refractivity contribution in [3.8, 4) is 11.3 Å². The first-order chi connectivity index (χ1) is 13.5. The summed E-state index contributed by atoms with van der Waals surface area (Å²) in [6.45, 7) is 3.50. The topological polar surface area (TPSA) is 95.3 Å². The molecule has 2 N–H and O–H groups in total. The second kappa shape index (κ2) is 7.01. The molecule has 2 aromatic heterocycles. The number of amides is 1. The Morgan fingerprint density at radius 1 is 1.29 bits per heavy atom. The molecule has 28 heavy (non-hydrogen) atoms. The molecule has 4 aromatic rings. The number of benzene rings is 2. The van der Waals surface area contributed by atoms with E-state index in [2.05, 4.69) is 15.4 Å². The van der Waals surface area contributed by atoms with Crippen molar-refractivity contribution in [3.63, 3.8) is 0 Å². The van der Waals surface area contributed by atoms with Gasteiger partial charge in [-0.15, -0.1) is 0 Å². The molecule has 0 aliphatic heterocycles. The fourth-order valence-corrected chi connectivity index (χ4v) is 3.62. The Kier molecular flexibility index (Phi) is 4.52. The van der Waals surface area contributed by atoms with Crippen molar-refractivity contribution in [3.05, 3.63) is 64.9 Å². The van der Waals surface area contributed by atoms with Crippen LogP contribution in [-0.2, 0) is 0 Å². The quantitative estimate of drug-likeness (QED) is 0.479. The van der Waals surface area contributed by atoms with Gasteiger partial charge in [-0.25, -0.2) is 4.79 Å². The summed E-state index contributed by atoms with van der Waals surface area (Å²) in [5, 5.41) is 22.3. The van der Waals surface area contributed by atoms with E-state index in [1.165, 1.54) is 4.90 Å². The average Bonchev–Trinajstić information content (AvgIpc) is 3.28. The van der Waals surface area contributed by atoms with E-state index < -0.39 is 12.1 Å². The summed E-state index contributed by atoms with van der Waals surface area (Å²) >= 11 is 6.31. The lowest BCUT2D eigenvalue weighted by molar-refractivity contribution is 0.199. The van der Waals surface area contributed by atoms with Gasteiger partial charge in [-0.3, -0.25) is 10.00 Å². The molecule has 0 bridgehead atoms. The number of carboxylic acid groups (broad SMARTS) is 1. The molecule has 1 unspecified atom stereocenters. The van der Waals surface area contributed by atoms with Crippen LogP contribution in [0.5, 0.6) is 0 Å². The Bertz CT molecular complexity index is 1170. The molecule has 4 rings (SSSR count). The van der Waals surface area contributed by atoms with E-state index in [9.17, 15) is 9.90 Å². The minimum absolute atomic E-state index is 0.377. The van der Waals surface area contributed by atoms with Crippen LogP contribution in [0.25, 0.3) is 22.2 Å². The van der Waals surface area contributed by atoms with Crippen molar-refractivity contribution in [1.82, 2.24) is 15.4 Å². The largest absolute Gasteiger partial charge is 0.465 e. The number of aryl methyl sites for hydroxylation is 1. The van der Waals surface area contributed by atoms with Crippen LogP contribution >= 0.6 is 11.6 Å². The van der Waals surface area contributed by atoms with Crippen LogP contribution in [0, 0.1) is 6.92 Å². The number of anilines is 1. The third-order valence-electron chi connectivity index (χ3n) is 4.72. The van der Waals surface area contributed by atoms with Gasteiger partial charge in [0.05, 0.1) is 17.8 Å². The number of halogens is 1. The van der Waals surface area contributed by atoms with Crippen LogP contribution in [0.4, 0.5) is 10.5 Å². The zero-order valence-electron chi connectivity index (χ0n) is 15.2. The second-order valence-corrected chi connectivity index (χ2v) is 6.88. The molecule has 0 fully saturated rings. The number of hydrogen-bond donors (Lipinski definition) is 2. The van der Waals surface area contributed by atoms with Gasteiger partial charge in [0.2, 0.25) is 0 Å². The number of rotatable bonds is 4. The van der Waals surface area contributed by atoms with E-state index in [0.717, 1.165) is 10.9 Å². The molecule has 2 aromatic carbocycles. The van der Waals surface area contributed by atoms with Crippen LogP contribution in [0.2, 0.25) is 5.02 Å². The van der Waals surface area contributed by atoms with Crippen molar-refractivity contribution in [2.75, 3.05) is 4.90 Å². The van der Waals surface area contributed by atoms with Crippen LogP contribution in [-0.4, -0.2) is 26.6 Å². The van der Waals surface area contributed by atoms with Crippen molar-refractivity contribution < 1.29 is 14.4 Å². The van der Waals surface area contributed by atoms with Gasteiger partial charge >= 0.3 is 6.09 Å². The zero-order chi connectivity index (χ0) is 19.8. The highest BCUT2D eigenvalue weighted by molar-refractivity contribution is 6.31. The van der Waals surface area contributed by atoms with Crippen molar-refractivity contribution in [2.45, 2.75) is 19.9 Å². The van der Waals surface area contributed by atoms with Gasteiger partial charge in [-0.2, -0.15) is 5.10 Å². The predicted molar refractivity (Wildman–Crippen MR) is 107 cm³/mol. The summed E-state index contributed by atoms with van der Waals surface area (Å²) in [6.07, 6.45) is 0.577. The van der Waals surface area contributed by atoms with Gasteiger partial charge in [-0.1, -0.05) is 35.0 Å². The highest BCUT2D eigenvalue weighted by Crippen LogP contribution is 2.40. The first kappa shape index (κ1) is 18.1.